The lowest BCUT2D eigenvalue weighted by Crippen LogP contribution is -2.32. The molecule has 132 valence electrons. The molecule has 3 nitrogen and oxygen atoms in total. The van der Waals surface area contributed by atoms with Gasteiger partial charge in [0.15, 0.2) is 0 Å². The zero-order valence-corrected chi connectivity index (χ0v) is 15.4. The molecule has 1 aromatic carbocycles. The van der Waals surface area contributed by atoms with Gasteiger partial charge in [0.2, 0.25) is 0 Å². The summed E-state index contributed by atoms with van der Waals surface area (Å²) < 4.78 is 0. The van der Waals surface area contributed by atoms with Crippen LogP contribution >= 0.6 is 11.6 Å². The Morgan fingerprint density at radius 1 is 0.846 bits per heavy atom. The van der Waals surface area contributed by atoms with E-state index in [0.717, 1.165) is 24.7 Å². The zero-order chi connectivity index (χ0) is 17.8. The molecule has 0 unspecified atom stereocenters. The third-order valence-corrected chi connectivity index (χ3v) is 5.35. The number of hydrogen-bond donors (Lipinski definition) is 0. The molecule has 2 aromatic heterocycles. The molecule has 26 heavy (non-hydrogen) atoms. The molecule has 0 aliphatic heterocycles. The Bertz CT molecular complexity index is 789. The molecule has 3 aromatic rings. The lowest BCUT2D eigenvalue weighted by atomic mass is 9.95. The van der Waals surface area contributed by atoms with Gasteiger partial charge in [-0.15, -0.1) is 0 Å². The highest BCUT2D eigenvalue weighted by Crippen LogP contribution is 2.49. The van der Waals surface area contributed by atoms with Gasteiger partial charge in [0.05, 0.1) is 0 Å². The predicted octanol–water partition coefficient (Wildman–Crippen LogP) is 4.86. The number of benzene rings is 1. The Balaban J connectivity index is 1.55. The topological polar surface area (TPSA) is 29.0 Å². The summed E-state index contributed by atoms with van der Waals surface area (Å²) in [5.74, 6) is 0. The normalized spacial score (nSPS) is 15.2. The van der Waals surface area contributed by atoms with Crippen molar-refractivity contribution in [2.45, 2.75) is 31.3 Å². The van der Waals surface area contributed by atoms with E-state index >= 15 is 0 Å². The highest BCUT2D eigenvalue weighted by Gasteiger charge is 2.45. The number of hydrogen-bond acceptors (Lipinski definition) is 3. The molecular weight excluding hydrogens is 342 g/mol. The average Bonchev–Trinajstić information content (AvgIpc) is 3.44. The van der Waals surface area contributed by atoms with E-state index in [2.05, 4.69) is 39.1 Å². The van der Waals surface area contributed by atoms with Gasteiger partial charge in [-0.3, -0.25) is 14.9 Å². The van der Waals surface area contributed by atoms with Gasteiger partial charge in [0.25, 0.3) is 0 Å². The van der Waals surface area contributed by atoms with E-state index in [9.17, 15) is 0 Å². The number of pyridine rings is 2. The quantitative estimate of drug-likeness (QED) is 0.600. The van der Waals surface area contributed by atoms with Crippen molar-refractivity contribution in [3.05, 3.63) is 95.0 Å². The van der Waals surface area contributed by atoms with Crippen LogP contribution in [-0.4, -0.2) is 21.4 Å². The Morgan fingerprint density at radius 2 is 1.42 bits per heavy atom. The Labute approximate surface area is 159 Å². The molecule has 0 spiro atoms. The Hall–Kier alpha value is -2.23. The molecule has 1 fully saturated rings. The van der Waals surface area contributed by atoms with Crippen LogP contribution in [0.25, 0.3) is 0 Å². The molecule has 2 heterocycles. The summed E-state index contributed by atoms with van der Waals surface area (Å²) in [6.45, 7) is 2.80. The minimum Gasteiger partial charge on any atom is -0.294 e. The van der Waals surface area contributed by atoms with E-state index in [1.165, 1.54) is 29.5 Å². The van der Waals surface area contributed by atoms with Gasteiger partial charge in [-0.25, -0.2) is 0 Å². The fraction of sp³-hybridized carbons (Fsp3) is 0.273. The highest BCUT2D eigenvalue weighted by atomic mass is 35.5. The van der Waals surface area contributed by atoms with Crippen molar-refractivity contribution in [1.29, 1.82) is 0 Å². The maximum Gasteiger partial charge on any atom is 0.0406 e. The van der Waals surface area contributed by atoms with Gasteiger partial charge in [-0.1, -0.05) is 35.9 Å². The standard InChI is InChI=1S/C22H22ClN3/c23-21-7-5-20(6-8-21)22(9-10-22)17-26(15-18-3-1-11-24-13-18)16-19-4-2-12-25-14-19/h1-8,11-14H,9-10,15-17H2. The van der Waals surface area contributed by atoms with E-state index < -0.39 is 0 Å². The van der Waals surface area contributed by atoms with Crippen LogP contribution in [0.5, 0.6) is 0 Å². The van der Waals surface area contributed by atoms with Crippen molar-refractivity contribution in [1.82, 2.24) is 14.9 Å². The van der Waals surface area contributed by atoms with Crippen LogP contribution in [0.3, 0.4) is 0 Å². The highest BCUT2D eigenvalue weighted by molar-refractivity contribution is 6.30. The molecule has 0 radical (unpaired) electrons. The van der Waals surface area contributed by atoms with Gasteiger partial charge in [0, 0.05) is 54.9 Å². The lowest BCUT2D eigenvalue weighted by molar-refractivity contribution is 0.231. The molecular formula is C22H22ClN3. The second-order valence-electron chi connectivity index (χ2n) is 7.15. The number of aromatic nitrogens is 2. The maximum absolute atomic E-state index is 6.08. The SMILES string of the molecule is Clc1ccc(C2(CN(Cc3cccnc3)Cc3cccnc3)CC2)cc1. The fourth-order valence-electron chi connectivity index (χ4n) is 3.59. The van der Waals surface area contributed by atoms with Crippen molar-refractivity contribution in [2.75, 3.05) is 6.54 Å². The van der Waals surface area contributed by atoms with Crippen LogP contribution in [0.1, 0.15) is 29.5 Å². The molecule has 1 saturated carbocycles. The first-order chi connectivity index (χ1) is 12.7. The third-order valence-electron chi connectivity index (χ3n) is 5.09. The first-order valence-electron chi connectivity index (χ1n) is 9.00. The van der Waals surface area contributed by atoms with Crippen molar-refractivity contribution in [2.24, 2.45) is 0 Å². The van der Waals surface area contributed by atoms with Crippen LogP contribution in [0.15, 0.2) is 73.3 Å². The monoisotopic (exact) mass is 363 g/mol. The summed E-state index contributed by atoms with van der Waals surface area (Å²) in [5.41, 5.74) is 4.12. The van der Waals surface area contributed by atoms with Crippen LogP contribution in [0.4, 0.5) is 0 Å². The zero-order valence-electron chi connectivity index (χ0n) is 14.7. The number of rotatable bonds is 7. The van der Waals surface area contributed by atoms with Gasteiger partial charge in [-0.05, 0) is 53.8 Å². The average molecular weight is 364 g/mol. The minimum absolute atomic E-state index is 0.245. The maximum atomic E-state index is 6.08. The summed E-state index contributed by atoms with van der Waals surface area (Å²) in [6.07, 6.45) is 10.0. The fourth-order valence-corrected chi connectivity index (χ4v) is 3.71. The second-order valence-corrected chi connectivity index (χ2v) is 7.59. The van der Waals surface area contributed by atoms with E-state index in [1.807, 2.05) is 49.1 Å². The molecule has 0 bridgehead atoms. The van der Waals surface area contributed by atoms with Crippen molar-refractivity contribution >= 4 is 11.6 Å². The molecule has 1 aliphatic rings. The third kappa shape index (κ3) is 4.12. The first-order valence-corrected chi connectivity index (χ1v) is 9.38. The van der Waals surface area contributed by atoms with Gasteiger partial charge >= 0.3 is 0 Å². The molecule has 0 atom stereocenters. The molecule has 0 amide bonds. The van der Waals surface area contributed by atoms with Crippen molar-refractivity contribution in [3.8, 4) is 0 Å². The van der Waals surface area contributed by atoms with Crippen LogP contribution in [0, 0.1) is 0 Å². The number of halogens is 1. The molecule has 0 saturated heterocycles. The van der Waals surface area contributed by atoms with Crippen LogP contribution < -0.4 is 0 Å². The minimum atomic E-state index is 0.245. The van der Waals surface area contributed by atoms with E-state index in [4.69, 9.17) is 11.6 Å². The summed E-state index contributed by atoms with van der Waals surface area (Å²) >= 11 is 6.08. The Kier molecular flexibility index (Phi) is 5.00. The lowest BCUT2D eigenvalue weighted by Gasteiger charge is -2.28. The predicted molar refractivity (Wildman–Crippen MR) is 105 cm³/mol. The van der Waals surface area contributed by atoms with E-state index in [0.29, 0.717) is 0 Å². The molecule has 1 aliphatic carbocycles. The second kappa shape index (κ2) is 7.56. The molecule has 4 rings (SSSR count). The van der Waals surface area contributed by atoms with E-state index in [-0.39, 0.29) is 5.41 Å². The Morgan fingerprint density at radius 3 is 1.88 bits per heavy atom. The summed E-state index contributed by atoms with van der Waals surface area (Å²) in [6, 6.07) is 16.7. The summed E-state index contributed by atoms with van der Waals surface area (Å²) in [7, 11) is 0. The van der Waals surface area contributed by atoms with Gasteiger partial charge in [0.1, 0.15) is 0 Å². The van der Waals surface area contributed by atoms with Crippen molar-refractivity contribution in [3.63, 3.8) is 0 Å². The van der Waals surface area contributed by atoms with Crippen LogP contribution in [0.2, 0.25) is 5.02 Å². The molecule has 0 N–H and O–H groups in total. The molecule has 4 heteroatoms. The number of nitrogens with zero attached hydrogens (tertiary/aromatic N) is 3. The summed E-state index contributed by atoms with van der Waals surface area (Å²) in [4.78, 5) is 11.1. The van der Waals surface area contributed by atoms with Gasteiger partial charge < -0.3 is 0 Å². The largest absolute Gasteiger partial charge is 0.294 e. The van der Waals surface area contributed by atoms with E-state index in [1.54, 1.807) is 0 Å². The van der Waals surface area contributed by atoms with Gasteiger partial charge in [-0.2, -0.15) is 0 Å². The summed E-state index contributed by atoms with van der Waals surface area (Å²) in [5, 5.41) is 0.798. The smallest absolute Gasteiger partial charge is 0.0406 e. The van der Waals surface area contributed by atoms with Crippen molar-refractivity contribution < 1.29 is 0 Å². The van der Waals surface area contributed by atoms with Crippen LogP contribution in [-0.2, 0) is 18.5 Å². The first kappa shape index (κ1) is 17.2.